The van der Waals surface area contributed by atoms with Crippen LogP contribution in [-0.4, -0.2) is 50.6 Å². The highest BCUT2D eigenvalue weighted by Gasteiger charge is 2.30. The van der Waals surface area contributed by atoms with Gasteiger partial charge in [0.2, 0.25) is 10.0 Å². The summed E-state index contributed by atoms with van der Waals surface area (Å²) in [6.45, 7) is 4.97. The lowest BCUT2D eigenvalue weighted by Gasteiger charge is -2.30. The fourth-order valence-electron chi connectivity index (χ4n) is 1.96. The van der Waals surface area contributed by atoms with Gasteiger partial charge in [0.25, 0.3) is 0 Å². The van der Waals surface area contributed by atoms with Crippen LogP contribution in [0.1, 0.15) is 26.7 Å². The van der Waals surface area contributed by atoms with E-state index in [9.17, 15) is 13.2 Å². The number of hydrogen-bond donors (Lipinski definition) is 0. The molecule has 1 rings (SSSR count). The lowest BCUT2D eigenvalue weighted by molar-refractivity contribution is -0.121. The van der Waals surface area contributed by atoms with Gasteiger partial charge in [-0.25, -0.2) is 12.7 Å². The highest BCUT2D eigenvalue weighted by atomic mass is 32.2. The van der Waals surface area contributed by atoms with Crippen molar-refractivity contribution in [2.24, 2.45) is 5.92 Å². The van der Waals surface area contributed by atoms with Gasteiger partial charge >= 0.3 is 0 Å². The fraction of sp³-hybridized carbons (Fsp3) is 0.909. The number of carbonyl (C=O) groups excluding carboxylic acids is 1. The molecule has 0 saturated carbocycles. The lowest BCUT2D eigenvalue weighted by atomic mass is 9.96. The summed E-state index contributed by atoms with van der Waals surface area (Å²) < 4.78 is 30.4. The topological polar surface area (TPSA) is 63.7 Å². The van der Waals surface area contributed by atoms with Crippen molar-refractivity contribution in [3.63, 3.8) is 0 Å². The number of carbonyl (C=O) groups is 1. The van der Waals surface area contributed by atoms with E-state index < -0.39 is 10.0 Å². The van der Waals surface area contributed by atoms with Gasteiger partial charge in [-0.2, -0.15) is 0 Å². The Morgan fingerprint density at radius 2 is 2.18 bits per heavy atom. The van der Waals surface area contributed by atoms with E-state index >= 15 is 0 Å². The van der Waals surface area contributed by atoms with Gasteiger partial charge in [-0.05, 0) is 26.7 Å². The molecule has 0 radical (unpaired) electrons. The van der Waals surface area contributed by atoms with E-state index in [0.717, 1.165) is 12.8 Å². The number of ether oxygens (including phenoxy) is 1. The average Bonchev–Trinajstić information content (AvgIpc) is 2.29. The van der Waals surface area contributed by atoms with Crippen molar-refractivity contribution in [3.05, 3.63) is 0 Å². The van der Waals surface area contributed by atoms with E-state index in [-0.39, 0.29) is 24.1 Å². The number of Topliss-reactive ketones (excluding diaryl/α,β-unsaturated/α-hetero) is 1. The molecule has 0 aliphatic carbocycles. The monoisotopic (exact) mass is 263 g/mol. The van der Waals surface area contributed by atoms with Crippen molar-refractivity contribution in [1.82, 2.24) is 4.31 Å². The van der Waals surface area contributed by atoms with Crippen LogP contribution in [0.3, 0.4) is 0 Å². The molecule has 1 heterocycles. The highest BCUT2D eigenvalue weighted by molar-refractivity contribution is 7.89. The van der Waals surface area contributed by atoms with Crippen molar-refractivity contribution < 1.29 is 17.9 Å². The van der Waals surface area contributed by atoms with Gasteiger partial charge < -0.3 is 4.74 Å². The van der Waals surface area contributed by atoms with Crippen molar-refractivity contribution >= 4 is 15.8 Å². The van der Waals surface area contributed by atoms with Gasteiger partial charge in [-0.1, -0.05) is 0 Å². The van der Waals surface area contributed by atoms with E-state index in [1.165, 1.54) is 11.2 Å². The Morgan fingerprint density at radius 3 is 2.76 bits per heavy atom. The van der Waals surface area contributed by atoms with Crippen LogP contribution in [0.15, 0.2) is 0 Å². The first-order chi connectivity index (χ1) is 7.97. The Hall–Kier alpha value is -0.460. The van der Waals surface area contributed by atoms with Crippen LogP contribution in [0, 0.1) is 5.92 Å². The van der Waals surface area contributed by atoms with Crippen molar-refractivity contribution in [1.29, 1.82) is 0 Å². The van der Waals surface area contributed by atoms with Crippen LogP contribution in [0.25, 0.3) is 0 Å². The third-order valence-electron chi connectivity index (χ3n) is 3.04. The molecule has 17 heavy (non-hydrogen) atoms. The molecule has 5 nitrogen and oxygen atoms in total. The Kier molecular flexibility index (Phi) is 5.55. The van der Waals surface area contributed by atoms with Gasteiger partial charge in [0.05, 0.1) is 12.4 Å². The van der Waals surface area contributed by atoms with Gasteiger partial charge in [-0.15, -0.1) is 0 Å². The molecule has 0 aromatic carbocycles. The van der Waals surface area contributed by atoms with Gasteiger partial charge in [0, 0.05) is 25.6 Å². The number of hydrogen-bond acceptors (Lipinski definition) is 4. The summed E-state index contributed by atoms with van der Waals surface area (Å²) in [6.07, 6.45) is 1.56. The van der Waals surface area contributed by atoms with E-state index in [1.54, 1.807) is 0 Å². The Bertz CT molecular complexity index is 352. The molecule has 0 aromatic heterocycles. The van der Waals surface area contributed by atoms with Gasteiger partial charge in [0.1, 0.15) is 5.78 Å². The van der Waals surface area contributed by atoms with Crippen LogP contribution in [0.4, 0.5) is 0 Å². The molecule has 1 fully saturated rings. The fourth-order valence-corrected chi connectivity index (χ4v) is 3.37. The molecule has 1 unspecified atom stereocenters. The minimum absolute atomic E-state index is 0.00542. The number of sulfonamides is 1. The van der Waals surface area contributed by atoms with Crippen LogP contribution in [0.2, 0.25) is 0 Å². The molecule has 0 bridgehead atoms. The second kappa shape index (κ2) is 6.47. The summed E-state index contributed by atoms with van der Waals surface area (Å²) in [7, 11) is -3.27. The third-order valence-corrected chi connectivity index (χ3v) is 4.84. The molecular formula is C11H21NO4S. The summed E-state index contributed by atoms with van der Waals surface area (Å²) >= 11 is 0. The Labute approximate surface area is 103 Å². The maximum Gasteiger partial charge on any atom is 0.216 e. The molecule has 0 amide bonds. The molecule has 1 atom stereocenters. The first-order valence-electron chi connectivity index (χ1n) is 6.03. The predicted octanol–water partition coefficient (Wildman–Crippen LogP) is 0.654. The molecule has 1 saturated heterocycles. The third kappa shape index (κ3) is 4.37. The normalized spacial score (nSPS) is 22.6. The summed E-state index contributed by atoms with van der Waals surface area (Å²) in [5.41, 5.74) is 0. The molecule has 100 valence electrons. The van der Waals surface area contributed by atoms with Crippen molar-refractivity contribution in [2.45, 2.75) is 26.7 Å². The summed E-state index contributed by atoms with van der Waals surface area (Å²) in [5, 5.41) is 0. The minimum Gasteiger partial charge on any atom is -0.381 e. The first-order valence-corrected chi connectivity index (χ1v) is 7.64. The van der Waals surface area contributed by atoms with Gasteiger partial charge in [0.15, 0.2) is 0 Å². The molecule has 1 aliphatic rings. The van der Waals surface area contributed by atoms with Crippen LogP contribution < -0.4 is 0 Å². The average molecular weight is 263 g/mol. The zero-order valence-electron chi connectivity index (χ0n) is 10.5. The van der Waals surface area contributed by atoms with E-state index in [1.807, 2.05) is 6.92 Å². The van der Waals surface area contributed by atoms with Crippen LogP contribution in [-0.2, 0) is 19.6 Å². The zero-order chi connectivity index (χ0) is 12.9. The largest absolute Gasteiger partial charge is 0.381 e. The zero-order valence-corrected chi connectivity index (χ0v) is 11.3. The van der Waals surface area contributed by atoms with Gasteiger partial charge in [-0.3, -0.25) is 4.79 Å². The summed E-state index contributed by atoms with van der Waals surface area (Å²) in [5.74, 6) is -0.0498. The molecule has 0 aromatic rings. The standard InChI is InChI=1S/C11H21NO4S/c1-3-16-7-8-17(14,15)12-6-4-5-11(9-12)10(2)13/h11H,3-9H2,1-2H3. The maximum absolute atomic E-state index is 12.0. The minimum atomic E-state index is -3.27. The number of ketones is 1. The van der Waals surface area contributed by atoms with Crippen LogP contribution >= 0.6 is 0 Å². The smallest absolute Gasteiger partial charge is 0.216 e. The molecule has 0 spiro atoms. The predicted molar refractivity (Wildman–Crippen MR) is 65.3 cm³/mol. The highest BCUT2D eigenvalue weighted by Crippen LogP contribution is 2.20. The van der Waals surface area contributed by atoms with Crippen molar-refractivity contribution in [2.75, 3.05) is 32.1 Å². The summed E-state index contributed by atoms with van der Waals surface area (Å²) in [4.78, 5) is 11.3. The summed E-state index contributed by atoms with van der Waals surface area (Å²) in [6, 6.07) is 0. The Balaban J connectivity index is 2.55. The molecule has 1 aliphatic heterocycles. The van der Waals surface area contributed by atoms with E-state index in [2.05, 4.69) is 0 Å². The van der Waals surface area contributed by atoms with E-state index in [4.69, 9.17) is 4.74 Å². The van der Waals surface area contributed by atoms with E-state index in [0.29, 0.717) is 19.7 Å². The second-order valence-electron chi connectivity index (χ2n) is 4.32. The van der Waals surface area contributed by atoms with Crippen molar-refractivity contribution in [3.8, 4) is 0 Å². The lowest BCUT2D eigenvalue weighted by Crippen LogP contribution is -2.43. The number of rotatable bonds is 6. The molecule has 6 heteroatoms. The Morgan fingerprint density at radius 1 is 1.47 bits per heavy atom. The molecular weight excluding hydrogens is 242 g/mol. The maximum atomic E-state index is 12.0. The second-order valence-corrected chi connectivity index (χ2v) is 6.41. The number of nitrogens with zero attached hydrogens (tertiary/aromatic N) is 1. The first kappa shape index (κ1) is 14.6. The quantitative estimate of drug-likeness (QED) is 0.660. The SMILES string of the molecule is CCOCCS(=O)(=O)N1CCCC(C(C)=O)C1. The number of piperidine rings is 1. The molecule has 0 N–H and O–H groups in total. The van der Waals surface area contributed by atoms with Crippen LogP contribution in [0.5, 0.6) is 0 Å².